The number of Topliss-reactive ketones (excluding diaryl/α,β-unsaturated/α-hetero) is 1. The molecule has 2 aromatic heterocycles. The van der Waals surface area contributed by atoms with Crippen molar-refractivity contribution in [1.29, 1.82) is 0 Å². The van der Waals surface area contributed by atoms with E-state index in [9.17, 15) is 23.4 Å². The Morgan fingerprint density at radius 2 is 1.85 bits per heavy atom. The summed E-state index contributed by atoms with van der Waals surface area (Å²) in [7, 11) is 5.38. The van der Waals surface area contributed by atoms with Crippen LogP contribution in [0.3, 0.4) is 0 Å². The highest BCUT2D eigenvalue weighted by Crippen LogP contribution is 2.39. The zero-order valence-corrected chi connectivity index (χ0v) is 38.1. The first-order valence-corrected chi connectivity index (χ1v) is 22.5. The third kappa shape index (κ3) is 12.0. The number of nitrogens with one attached hydrogen (secondary N) is 1. The number of amides is 1. The Hall–Kier alpha value is -2.78. The van der Waals surface area contributed by atoms with E-state index in [1.807, 2.05) is 65.2 Å². The van der Waals surface area contributed by atoms with Crippen LogP contribution in [0.5, 0.6) is 0 Å². The molecule has 1 amide bonds. The van der Waals surface area contributed by atoms with Crippen molar-refractivity contribution in [3.63, 3.8) is 0 Å². The van der Waals surface area contributed by atoms with E-state index in [4.69, 9.17) is 23.7 Å². The number of unbranched alkanes of at least 4 members (excludes halogenated alkanes) is 1. The number of ether oxygens (including phenoxy) is 5. The second-order valence-corrected chi connectivity index (χ2v) is 17.9. The van der Waals surface area contributed by atoms with Gasteiger partial charge in [0.15, 0.2) is 11.9 Å². The predicted molar refractivity (Wildman–Crippen MR) is 223 cm³/mol. The fraction of sp³-hybridized carbons (Fsp3) is 0.800. The minimum Gasteiger partial charge on any atom is -0.458 e. The van der Waals surface area contributed by atoms with Crippen molar-refractivity contribution in [3.05, 3.63) is 17.8 Å². The number of aromatic nitrogens is 4. The third-order valence-corrected chi connectivity index (χ3v) is 12.7. The first-order valence-electron chi connectivity index (χ1n) is 20.5. The highest BCUT2D eigenvalue weighted by atomic mass is 32.2. The summed E-state index contributed by atoms with van der Waals surface area (Å²) in [5.74, 6) is -2.25. The molecule has 0 radical (unpaired) electrons. The summed E-state index contributed by atoms with van der Waals surface area (Å²) in [5.41, 5.74) is -1.50. The van der Waals surface area contributed by atoms with Crippen LogP contribution in [0, 0.1) is 11.8 Å². The maximum absolute atomic E-state index is 14.0. The van der Waals surface area contributed by atoms with Gasteiger partial charge in [0.05, 0.1) is 30.0 Å². The maximum Gasteiger partial charge on any atom is 0.410 e. The lowest BCUT2D eigenvalue weighted by atomic mass is 9.83. The molecule has 334 valence electrons. The molecule has 12 atom stereocenters. The van der Waals surface area contributed by atoms with Crippen LogP contribution in [0.2, 0.25) is 0 Å². The largest absolute Gasteiger partial charge is 0.458 e. The van der Waals surface area contributed by atoms with E-state index in [1.54, 1.807) is 22.9 Å². The second-order valence-electron chi connectivity index (χ2n) is 16.7. The second kappa shape index (κ2) is 21.8. The Kier molecular flexibility index (Phi) is 18.1. The normalized spacial score (nSPS) is 34.9. The fourth-order valence-electron chi connectivity index (χ4n) is 8.57. The maximum atomic E-state index is 14.0. The van der Waals surface area contributed by atoms with Gasteiger partial charge in [0.1, 0.15) is 34.6 Å². The molecular formula is C40H66FN7O9S2. The molecule has 5 rings (SSSR count). The average molecular weight is 872 g/mol. The van der Waals surface area contributed by atoms with Gasteiger partial charge in [0.25, 0.3) is 0 Å². The highest BCUT2D eigenvalue weighted by Gasteiger charge is 2.58. The first-order chi connectivity index (χ1) is 27.9. The number of thiazole rings is 1. The van der Waals surface area contributed by atoms with Gasteiger partial charge in [-0.25, -0.2) is 9.78 Å². The van der Waals surface area contributed by atoms with Crippen LogP contribution in [0.4, 0.5) is 8.68 Å². The fourth-order valence-corrected chi connectivity index (χ4v) is 9.15. The number of hydrogen-bond donors (Lipinski definition) is 2. The van der Waals surface area contributed by atoms with Gasteiger partial charge in [-0.05, 0) is 93.3 Å². The molecule has 5 heterocycles. The lowest BCUT2D eigenvalue weighted by Crippen LogP contribution is -2.61. The molecule has 0 saturated carbocycles. The monoisotopic (exact) mass is 871 g/mol. The molecule has 0 bridgehead atoms. The summed E-state index contributed by atoms with van der Waals surface area (Å²) in [4.78, 5) is 49.6. The number of rotatable bonds is 11. The number of fused-ring (bicyclic) bond motifs is 1. The molecule has 0 spiro atoms. The zero-order chi connectivity index (χ0) is 43.7. The van der Waals surface area contributed by atoms with Crippen LogP contribution in [0.15, 0.2) is 17.8 Å². The molecule has 3 aliphatic rings. The van der Waals surface area contributed by atoms with Crippen LogP contribution >= 0.6 is 23.5 Å². The van der Waals surface area contributed by atoms with Crippen LogP contribution in [-0.2, 0) is 39.8 Å². The Bertz CT molecular complexity index is 1640. The molecule has 3 fully saturated rings. The summed E-state index contributed by atoms with van der Waals surface area (Å²) < 4.78 is 43.2. The number of carbonyl (C=O) groups is 3. The molecule has 0 aliphatic carbocycles. The van der Waals surface area contributed by atoms with Crippen molar-refractivity contribution in [3.8, 4) is 10.7 Å². The Labute approximate surface area is 356 Å². The lowest BCUT2D eigenvalue weighted by molar-refractivity contribution is -0.289. The van der Waals surface area contributed by atoms with Gasteiger partial charge in [-0.2, -0.15) is 3.89 Å². The van der Waals surface area contributed by atoms with Gasteiger partial charge in [-0.1, -0.05) is 19.1 Å². The van der Waals surface area contributed by atoms with Crippen molar-refractivity contribution in [2.24, 2.45) is 11.8 Å². The van der Waals surface area contributed by atoms with Gasteiger partial charge < -0.3 is 39.0 Å². The Morgan fingerprint density at radius 1 is 1.15 bits per heavy atom. The minimum absolute atomic E-state index is 0.00586. The lowest BCUT2D eigenvalue weighted by Gasteiger charge is -2.45. The summed E-state index contributed by atoms with van der Waals surface area (Å²) in [6, 6.07) is -0.996. The highest BCUT2D eigenvalue weighted by molar-refractivity contribution is 7.93. The molecule has 16 nitrogen and oxygen atoms in total. The third-order valence-electron chi connectivity index (χ3n) is 11.9. The number of aryl methyl sites for hydroxylation is 1. The van der Waals surface area contributed by atoms with Gasteiger partial charge >= 0.3 is 12.1 Å². The molecule has 59 heavy (non-hydrogen) atoms. The Morgan fingerprint density at radius 3 is 2.47 bits per heavy atom. The summed E-state index contributed by atoms with van der Waals surface area (Å²) in [5, 5.41) is 26.2. The van der Waals surface area contributed by atoms with E-state index in [0.717, 1.165) is 17.1 Å². The quantitative estimate of drug-likeness (QED) is 0.172. The molecule has 3 saturated heterocycles. The predicted octanol–water partition coefficient (Wildman–Crippen LogP) is 5.15. The molecule has 2 unspecified atom stereocenters. The van der Waals surface area contributed by atoms with Crippen molar-refractivity contribution < 1.29 is 47.1 Å². The zero-order valence-electron chi connectivity index (χ0n) is 36.5. The molecule has 2 N–H and O–H groups in total. The van der Waals surface area contributed by atoms with Gasteiger partial charge in [-0.15, -0.1) is 16.4 Å². The van der Waals surface area contributed by atoms with E-state index in [2.05, 4.69) is 27.5 Å². The number of halogens is 1. The minimum atomic E-state index is -1.21. The number of ketones is 1. The molecule has 19 heteroatoms. The summed E-state index contributed by atoms with van der Waals surface area (Å²) in [6.45, 7) is 14.7. The van der Waals surface area contributed by atoms with E-state index < -0.39 is 65.6 Å². The number of esters is 1. The SMILES string of the molecule is CC[C@H]1OC(=O)[C@H](C)C(=O)C[C@@H](O[C@@H]2O[C@H](C)CC(N(C)C)C2O)[C@@](C)(OC)C[C@@H](C)CN[C@H](C)[C@H]2N(CCCCn3cc(-c4nccs4)nn3)C(=O)O[C@]12C.CSF. The van der Waals surface area contributed by atoms with Crippen LogP contribution in [0.25, 0.3) is 10.7 Å². The molecular weight excluding hydrogens is 806 g/mol. The number of likely N-dealkylation sites (N-methyl/N-ethyl adjacent to an activating group) is 1. The summed E-state index contributed by atoms with van der Waals surface area (Å²) in [6.07, 6.45) is 3.29. The number of aliphatic hydroxyl groups excluding tert-OH is 1. The topological polar surface area (TPSA) is 180 Å². The number of carbonyl (C=O) groups excluding carboxylic acids is 3. The number of nitrogens with zero attached hydrogens (tertiary/aromatic N) is 6. The van der Waals surface area contributed by atoms with Gasteiger partial charge in [0.2, 0.25) is 0 Å². The molecule has 2 aromatic rings. The number of hydrogen-bond acceptors (Lipinski definition) is 16. The average Bonchev–Trinajstić information content (AvgIpc) is 3.95. The van der Waals surface area contributed by atoms with Gasteiger partial charge in [0, 0.05) is 68.7 Å². The smallest absolute Gasteiger partial charge is 0.410 e. The first kappa shape index (κ1) is 48.9. The van der Waals surface area contributed by atoms with E-state index in [1.165, 1.54) is 24.5 Å². The van der Waals surface area contributed by atoms with Crippen LogP contribution in [0.1, 0.15) is 87.0 Å². The van der Waals surface area contributed by atoms with Crippen molar-refractivity contribution in [2.75, 3.05) is 40.6 Å². The van der Waals surface area contributed by atoms with Crippen molar-refractivity contribution in [2.45, 2.75) is 154 Å². The number of cyclic esters (lactones) is 1. The molecule has 3 aliphatic heterocycles. The van der Waals surface area contributed by atoms with Crippen LogP contribution < -0.4 is 5.32 Å². The Balaban J connectivity index is 0.00000248. The van der Waals surface area contributed by atoms with Gasteiger partial charge in [-0.3, -0.25) is 19.2 Å². The van der Waals surface area contributed by atoms with Crippen molar-refractivity contribution >= 4 is 41.3 Å². The van der Waals surface area contributed by atoms with E-state index >= 15 is 0 Å². The summed E-state index contributed by atoms with van der Waals surface area (Å²) >= 11 is 1.75. The van der Waals surface area contributed by atoms with Crippen LogP contribution in [-0.4, -0.2) is 153 Å². The van der Waals surface area contributed by atoms with E-state index in [0.29, 0.717) is 45.3 Å². The van der Waals surface area contributed by atoms with Crippen molar-refractivity contribution in [1.82, 2.24) is 35.1 Å². The van der Waals surface area contributed by atoms with E-state index in [-0.39, 0.29) is 42.7 Å². The number of methoxy groups -OCH3 is 1. The number of aliphatic hydroxyl groups is 1. The standard InChI is InChI=1S/C39H63N7O9S.CH3FS/c1-11-30-39(7)33(46(37(50)55-39)16-13-12-15-45-22-27(42-43-45)34-40-14-17-56-34)26(5)41-21-23(2)20-38(6,51-10)31(19-29(47)25(4)35(49)53-30)54-36-32(48)28(44(8)9)18-24(3)52-36;1-3-2/h14,17,22-26,28,30-33,36,41,48H,11-13,15-16,18-21H2,1-10H3;1H3/t23-,24-,25-,26-,28?,30-,31-,32?,33-,36+,38+,39-;/m1./s1. The molecule has 0 aromatic carbocycles.